The van der Waals surface area contributed by atoms with Gasteiger partial charge in [-0.15, -0.1) is 17.3 Å². The van der Waals surface area contributed by atoms with E-state index >= 15 is 0 Å². The lowest BCUT2D eigenvalue weighted by atomic mass is 9.43. The molecule has 0 bridgehead atoms. The molecule has 3 aromatic rings. The minimum Gasteiger partial charge on any atom is -0.382 e. The van der Waals surface area contributed by atoms with Crippen LogP contribution in [-0.2, 0) is 10.8 Å². The van der Waals surface area contributed by atoms with Gasteiger partial charge in [0.1, 0.15) is 0 Å². The molecule has 4 heteroatoms. The first kappa shape index (κ1) is 49.4. The topological polar surface area (TPSA) is 24.1 Å². The zero-order valence-corrected chi connectivity index (χ0v) is 43.8. The molecule has 0 saturated heterocycles. The average Bonchev–Trinajstić information content (AvgIpc) is 3.69. The van der Waals surface area contributed by atoms with Gasteiger partial charge in [0.05, 0.1) is 0 Å². The SMILES string of the molecule is C=C/C(=C\C=C\B(/C(=C\NC1=CC2C(C=C1)C(C)(C)CCC2(C)C)CNC1=CCC(C(C)(C)C)C=C1/C=C/C=C\c1ccccc1)c1cc2cc3c(cc2s1)C(C)(C)CCC3(C)C)C(C)C. The van der Waals surface area contributed by atoms with Crippen molar-refractivity contribution in [3.8, 4) is 0 Å². The number of rotatable bonds is 14. The number of hydrogen-bond acceptors (Lipinski definition) is 3. The smallest absolute Gasteiger partial charge is 0.246 e. The Morgan fingerprint density at radius 2 is 1.50 bits per heavy atom. The minimum atomic E-state index is 0.0317. The van der Waals surface area contributed by atoms with Crippen molar-refractivity contribution in [3.05, 3.63) is 179 Å². The van der Waals surface area contributed by atoms with Crippen molar-refractivity contribution in [2.24, 2.45) is 39.9 Å². The Balaban J connectivity index is 1.31. The van der Waals surface area contributed by atoms with Crippen LogP contribution in [0.3, 0.4) is 0 Å². The quantitative estimate of drug-likeness (QED) is 0.124. The van der Waals surface area contributed by atoms with E-state index in [1.165, 1.54) is 85.2 Å². The summed E-state index contributed by atoms with van der Waals surface area (Å²) in [5, 5.41) is 9.34. The Kier molecular flexibility index (Phi) is 14.7. The summed E-state index contributed by atoms with van der Waals surface area (Å²) in [6.07, 6.45) is 36.0. The molecular formula is C62H81BN2S. The fraction of sp³-hybridized carbons (Fsp3) is 0.452. The summed E-state index contributed by atoms with van der Waals surface area (Å²) in [4.78, 5) is 0. The van der Waals surface area contributed by atoms with Crippen LogP contribution in [0.5, 0.6) is 0 Å². The predicted octanol–water partition coefficient (Wildman–Crippen LogP) is 16.1. The first-order chi connectivity index (χ1) is 31.1. The maximum atomic E-state index is 4.18. The van der Waals surface area contributed by atoms with Crippen LogP contribution in [0.1, 0.15) is 139 Å². The van der Waals surface area contributed by atoms with E-state index in [-0.39, 0.29) is 33.8 Å². The zero-order valence-electron chi connectivity index (χ0n) is 42.9. The number of allylic oxidation sites excluding steroid dienone is 12. The van der Waals surface area contributed by atoms with Gasteiger partial charge in [0, 0.05) is 22.6 Å². The van der Waals surface area contributed by atoms with Gasteiger partial charge in [0.2, 0.25) is 6.71 Å². The van der Waals surface area contributed by atoms with Gasteiger partial charge >= 0.3 is 0 Å². The predicted molar refractivity (Wildman–Crippen MR) is 293 cm³/mol. The molecule has 66 heavy (non-hydrogen) atoms. The van der Waals surface area contributed by atoms with Crippen molar-refractivity contribution in [1.82, 2.24) is 10.6 Å². The molecular weight excluding hydrogens is 816 g/mol. The first-order valence-electron chi connectivity index (χ1n) is 25.1. The number of nitrogens with one attached hydrogen (secondary N) is 2. The highest BCUT2D eigenvalue weighted by Gasteiger charge is 2.46. The summed E-state index contributed by atoms with van der Waals surface area (Å²) in [6, 6.07) is 18.1. The van der Waals surface area contributed by atoms with Crippen molar-refractivity contribution in [2.75, 3.05) is 6.54 Å². The Labute approximate surface area is 405 Å². The lowest BCUT2D eigenvalue weighted by molar-refractivity contribution is 0.0325. The van der Waals surface area contributed by atoms with Gasteiger partial charge in [0.15, 0.2) is 0 Å². The summed E-state index contributed by atoms with van der Waals surface area (Å²) in [5.41, 5.74) is 11.4. The van der Waals surface area contributed by atoms with Crippen molar-refractivity contribution < 1.29 is 0 Å². The van der Waals surface area contributed by atoms with Gasteiger partial charge in [-0.2, -0.15) is 0 Å². The standard InChI is InChI=1S/C62H81BN2S/c1-15-45(43(2)3)26-21-35-63(57-38-47-37-52-54(40-56(47)66-57)62(13,14)34-33-60(52,9)10)49(41-64-50-28-29-51-53(39-50)61(11,12)32-31-59(51,7)8)42-65-55-30-27-48(58(4,5)6)36-46(55)25-20-19-24-44-22-17-16-18-23-44/h15-26,28-30,35-41,43,48,51,53,64-65H,1,27,31-34,42H2,2-14H3/b24-19-,25-20+,35-21+,45-26+,49-41-. The summed E-state index contributed by atoms with van der Waals surface area (Å²) >= 11 is 1.97. The molecule has 348 valence electrons. The van der Waals surface area contributed by atoms with Crippen molar-refractivity contribution >= 4 is 39.0 Å². The first-order valence-corrected chi connectivity index (χ1v) is 25.9. The van der Waals surface area contributed by atoms with E-state index in [1.807, 2.05) is 17.4 Å². The molecule has 1 aromatic heterocycles. The Morgan fingerprint density at radius 1 is 0.833 bits per heavy atom. The molecule has 1 heterocycles. The molecule has 2 N–H and O–H groups in total. The zero-order chi connectivity index (χ0) is 47.7. The van der Waals surface area contributed by atoms with Crippen molar-refractivity contribution in [1.29, 1.82) is 0 Å². The van der Waals surface area contributed by atoms with E-state index in [0.29, 0.717) is 30.2 Å². The normalized spacial score (nSPS) is 23.7. The van der Waals surface area contributed by atoms with E-state index in [9.17, 15) is 0 Å². The van der Waals surface area contributed by atoms with Crippen molar-refractivity contribution in [3.63, 3.8) is 0 Å². The Hall–Kier alpha value is -4.54. The molecule has 3 unspecified atom stereocenters. The highest BCUT2D eigenvalue weighted by atomic mass is 32.1. The largest absolute Gasteiger partial charge is 0.382 e. The fourth-order valence-electron chi connectivity index (χ4n) is 10.8. The lowest BCUT2D eigenvalue weighted by Crippen LogP contribution is -2.44. The maximum absolute atomic E-state index is 4.18. The molecule has 0 spiro atoms. The van der Waals surface area contributed by atoms with E-state index < -0.39 is 0 Å². The monoisotopic (exact) mass is 897 g/mol. The molecule has 4 aliphatic rings. The number of benzene rings is 2. The van der Waals surface area contributed by atoms with E-state index in [1.54, 1.807) is 0 Å². The molecule has 7 rings (SSSR count). The third kappa shape index (κ3) is 11.2. The fourth-order valence-corrected chi connectivity index (χ4v) is 12.0. The molecule has 3 atom stereocenters. The Morgan fingerprint density at radius 3 is 2.17 bits per heavy atom. The highest BCUT2D eigenvalue weighted by Crippen LogP contribution is 2.55. The van der Waals surface area contributed by atoms with E-state index in [2.05, 4.69) is 235 Å². The highest BCUT2D eigenvalue weighted by molar-refractivity contribution is 7.30. The van der Waals surface area contributed by atoms with Crippen LogP contribution in [0.2, 0.25) is 0 Å². The van der Waals surface area contributed by atoms with Gasteiger partial charge < -0.3 is 10.6 Å². The number of fused-ring (bicyclic) bond motifs is 3. The molecule has 4 aliphatic carbocycles. The maximum Gasteiger partial charge on any atom is 0.246 e. The van der Waals surface area contributed by atoms with Gasteiger partial charge in [-0.1, -0.05) is 199 Å². The second-order valence-corrected chi connectivity index (χ2v) is 25.2. The van der Waals surface area contributed by atoms with Crippen LogP contribution >= 0.6 is 11.3 Å². The van der Waals surface area contributed by atoms with Crippen LogP contribution in [0.15, 0.2) is 162 Å². The molecule has 0 radical (unpaired) electrons. The van der Waals surface area contributed by atoms with Gasteiger partial charge in [-0.3, -0.25) is 0 Å². The summed E-state index contributed by atoms with van der Waals surface area (Å²) in [6.45, 7) is 36.1. The second kappa shape index (κ2) is 19.6. The summed E-state index contributed by atoms with van der Waals surface area (Å²) in [5.74, 6) is 4.30. The molecule has 2 aromatic carbocycles. The van der Waals surface area contributed by atoms with Gasteiger partial charge in [0.25, 0.3) is 0 Å². The van der Waals surface area contributed by atoms with E-state index in [4.69, 9.17) is 0 Å². The molecule has 0 amide bonds. The van der Waals surface area contributed by atoms with Gasteiger partial charge in [-0.25, -0.2) is 0 Å². The van der Waals surface area contributed by atoms with Crippen LogP contribution < -0.4 is 15.4 Å². The van der Waals surface area contributed by atoms with Crippen LogP contribution in [-0.4, -0.2) is 13.3 Å². The molecule has 2 nitrogen and oxygen atoms in total. The van der Waals surface area contributed by atoms with Crippen molar-refractivity contribution in [2.45, 2.75) is 133 Å². The summed E-state index contributed by atoms with van der Waals surface area (Å²) in [7, 11) is 0. The minimum absolute atomic E-state index is 0.0317. The average molecular weight is 897 g/mol. The Bertz CT molecular complexity index is 2480. The number of hydrogen-bond donors (Lipinski definition) is 2. The van der Waals surface area contributed by atoms with Gasteiger partial charge in [-0.05, 0) is 151 Å². The van der Waals surface area contributed by atoms with Crippen LogP contribution in [0.4, 0.5) is 0 Å². The van der Waals surface area contributed by atoms with Crippen LogP contribution in [0, 0.1) is 39.9 Å². The number of thiophene rings is 1. The lowest BCUT2D eigenvalue weighted by Gasteiger charge is -2.51. The molecule has 1 fully saturated rings. The molecule has 1 saturated carbocycles. The van der Waals surface area contributed by atoms with Crippen LogP contribution in [0.25, 0.3) is 16.2 Å². The third-order valence-electron chi connectivity index (χ3n) is 15.9. The molecule has 0 aliphatic heterocycles. The van der Waals surface area contributed by atoms with E-state index in [0.717, 1.165) is 6.42 Å². The summed E-state index contributed by atoms with van der Waals surface area (Å²) < 4.78 is 2.74. The third-order valence-corrected chi connectivity index (χ3v) is 17.1. The second-order valence-electron chi connectivity index (χ2n) is 24.0.